The number of carbonyl (C=O) groups is 3. The van der Waals surface area contributed by atoms with E-state index in [1.165, 1.54) is 26.5 Å². The smallest absolute Gasteiger partial charge is 0.329 e. The van der Waals surface area contributed by atoms with Crippen molar-refractivity contribution in [3.05, 3.63) is 76.8 Å². The van der Waals surface area contributed by atoms with Crippen molar-refractivity contribution in [1.29, 1.82) is 0 Å². The Balaban J connectivity index is 1.49. The highest BCUT2D eigenvalue weighted by atomic mass is 35.5. The molecule has 0 unspecified atom stereocenters. The highest BCUT2D eigenvalue weighted by Crippen LogP contribution is 2.36. The van der Waals surface area contributed by atoms with Crippen LogP contribution in [-0.2, 0) is 20.8 Å². The SMILES string of the molecule is COc1ccc(CCNC(=O)C(=O)N/N=C\c2cc(Cl)c(OCC(=O)Nc3ccccc3)c(OC)c2)cc1OC. The molecule has 3 aromatic carbocycles. The minimum atomic E-state index is -0.939. The Hall–Kier alpha value is -4.77. The van der Waals surface area contributed by atoms with E-state index in [2.05, 4.69) is 21.2 Å². The van der Waals surface area contributed by atoms with Crippen LogP contribution in [-0.4, -0.2) is 58.4 Å². The quantitative estimate of drug-likeness (QED) is 0.173. The van der Waals surface area contributed by atoms with E-state index >= 15 is 0 Å². The molecule has 0 saturated heterocycles. The summed E-state index contributed by atoms with van der Waals surface area (Å²) in [6.45, 7) is -0.0708. The first-order valence-electron chi connectivity index (χ1n) is 12.0. The summed E-state index contributed by atoms with van der Waals surface area (Å²) in [5.41, 5.74) is 4.15. The summed E-state index contributed by atoms with van der Waals surface area (Å²) in [5, 5.41) is 9.20. The number of benzene rings is 3. The molecule has 0 bridgehead atoms. The van der Waals surface area contributed by atoms with Gasteiger partial charge in [-0.25, -0.2) is 5.43 Å². The summed E-state index contributed by atoms with van der Waals surface area (Å²) in [5.74, 6) is -0.567. The average Bonchev–Trinajstić information content (AvgIpc) is 2.96. The van der Waals surface area contributed by atoms with Gasteiger partial charge >= 0.3 is 11.8 Å². The van der Waals surface area contributed by atoms with Crippen LogP contribution in [0.25, 0.3) is 0 Å². The Bertz CT molecular complexity index is 1370. The first kappa shape index (κ1) is 29.8. The van der Waals surface area contributed by atoms with E-state index < -0.39 is 11.8 Å². The number of nitrogens with zero attached hydrogens (tertiary/aromatic N) is 1. The van der Waals surface area contributed by atoms with Gasteiger partial charge < -0.3 is 29.6 Å². The molecule has 0 aliphatic carbocycles. The number of halogens is 1. The van der Waals surface area contributed by atoms with Gasteiger partial charge in [-0.1, -0.05) is 35.9 Å². The van der Waals surface area contributed by atoms with Crippen LogP contribution < -0.4 is 35.0 Å². The van der Waals surface area contributed by atoms with Crippen LogP contribution in [0.4, 0.5) is 5.69 Å². The highest BCUT2D eigenvalue weighted by molar-refractivity contribution is 6.35. The largest absolute Gasteiger partial charge is 0.493 e. The van der Waals surface area contributed by atoms with E-state index in [1.54, 1.807) is 49.6 Å². The van der Waals surface area contributed by atoms with Gasteiger partial charge in [-0.15, -0.1) is 0 Å². The zero-order valence-electron chi connectivity index (χ0n) is 22.2. The molecule has 0 aromatic heterocycles. The number of amides is 3. The molecule has 0 radical (unpaired) electrons. The molecule has 40 heavy (non-hydrogen) atoms. The second-order valence-electron chi connectivity index (χ2n) is 8.13. The molecular weight excluding hydrogens is 540 g/mol. The standard InChI is InChI=1S/C28H29ClN4O7/c1-37-22-10-9-18(14-23(22)38-2)11-12-30-27(35)28(36)33-31-16-19-13-21(29)26(24(15-19)39-3)40-17-25(34)32-20-7-5-4-6-8-20/h4-10,13-16H,11-12,17H2,1-3H3,(H,30,35)(H,32,34)(H,33,36)/b31-16-. The van der Waals surface area contributed by atoms with Gasteiger partial charge in [0.05, 0.1) is 32.6 Å². The molecule has 0 saturated carbocycles. The first-order valence-corrected chi connectivity index (χ1v) is 12.4. The minimum absolute atomic E-state index is 0.160. The third-order valence-corrected chi connectivity index (χ3v) is 5.67. The normalized spacial score (nSPS) is 10.5. The van der Waals surface area contributed by atoms with Gasteiger partial charge in [-0.05, 0) is 53.9 Å². The third-order valence-electron chi connectivity index (χ3n) is 5.39. The summed E-state index contributed by atoms with van der Waals surface area (Å²) in [4.78, 5) is 36.4. The van der Waals surface area contributed by atoms with Crippen molar-refractivity contribution in [2.75, 3.05) is 39.8 Å². The first-order chi connectivity index (χ1) is 19.3. The van der Waals surface area contributed by atoms with Crippen LogP contribution in [0.3, 0.4) is 0 Å². The lowest BCUT2D eigenvalue weighted by atomic mass is 10.1. The molecule has 3 N–H and O–H groups in total. The van der Waals surface area contributed by atoms with Gasteiger partial charge in [0, 0.05) is 12.2 Å². The number of methoxy groups -OCH3 is 3. The van der Waals surface area contributed by atoms with Crippen LogP contribution in [0.2, 0.25) is 5.02 Å². The van der Waals surface area contributed by atoms with E-state index in [9.17, 15) is 14.4 Å². The molecule has 3 rings (SSSR count). The van der Waals surface area contributed by atoms with E-state index in [4.69, 9.17) is 30.5 Å². The second kappa shape index (κ2) is 15.0. The van der Waals surface area contributed by atoms with Gasteiger partial charge in [0.2, 0.25) is 0 Å². The maximum absolute atomic E-state index is 12.2. The third kappa shape index (κ3) is 8.63. The summed E-state index contributed by atoms with van der Waals surface area (Å²) < 4.78 is 21.4. The lowest BCUT2D eigenvalue weighted by Crippen LogP contribution is -2.38. The molecule has 3 aromatic rings. The predicted molar refractivity (Wildman–Crippen MR) is 151 cm³/mol. The molecular formula is C28H29ClN4O7. The molecule has 12 heteroatoms. The number of ether oxygens (including phenoxy) is 4. The number of hydrazone groups is 1. The van der Waals surface area contributed by atoms with Crippen LogP contribution in [0, 0.1) is 0 Å². The fourth-order valence-corrected chi connectivity index (χ4v) is 3.74. The maximum Gasteiger partial charge on any atom is 0.329 e. The van der Waals surface area contributed by atoms with Gasteiger partial charge in [-0.3, -0.25) is 14.4 Å². The van der Waals surface area contributed by atoms with E-state index in [-0.39, 0.29) is 35.6 Å². The number of hydrogen-bond acceptors (Lipinski definition) is 8. The van der Waals surface area contributed by atoms with Gasteiger partial charge in [0.15, 0.2) is 29.6 Å². The predicted octanol–water partition coefficient (Wildman–Crippen LogP) is 3.19. The second-order valence-corrected chi connectivity index (χ2v) is 8.54. The van der Waals surface area contributed by atoms with Crippen LogP contribution >= 0.6 is 11.6 Å². The zero-order valence-corrected chi connectivity index (χ0v) is 22.9. The van der Waals surface area contributed by atoms with E-state index in [0.29, 0.717) is 29.2 Å². The number of rotatable bonds is 12. The number of nitrogens with one attached hydrogen (secondary N) is 3. The molecule has 0 atom stereocenters. The Morgan fingerprint density at radius 1 is 0.875 bits per heavy atom. The van der Waals surface area contributed by atoms with Crippen molar-refractivity contribution >= 4 is 41.2 Å². The van der Waals surface area contributed by atoms with Crippen molar-refractivity contribution in [3.8, 4) is 23.0 Å². The van der Waals surface area contributed by atoms with Crippen molar-refractivity contribution in [1.82, 2.24) is 10.7 Å². The van der Waals surface area contributed by atoms with Crippen molar-refractivity contribution in [2.45, 2.75) is 6.42 Å². The molecule has 0 aliphatic rings. The Kier molecular flexibility index (Phi) is 11.2. The fourth-order valence-electron chi connectivity index (χ4n) is 3.46. The Morgan fingerprint density at radius 3 is 2.30 bits per heavy atom. The number of hydrogen-bond donors (Lipinski definition) is 3. The van der Waals surface area contributed by atoms with Gasteiger partial charge in [-0.2, -0.15) is 5.10 Å². The van der Waals surface area contributed by atoms with Gasteiger partial charge in [0.25, 0.3) is 5.91 Å². The molecule has 0 heterocycles. The Morgan fingerprint density at radius 2 is 1.60 bits per heavy atom. The van der Waals surface area contributed by atoms with Crippen LogP contribution in [0.5, 0.6) is 23.0 Å². The van der Waals surface area contributed by atoms with Crippen LogP contribution in [0.1, 0.15) is 11.1 Å². The molecule has 210 valence electrons. The number of para-hydroxylation sites is 1. The van der Waals surface area contributed by atoms with Crippen molar-refractivity contribution in [2.24, 2.45) is 5.10 Å². The van der Waals surface area contributed by atoms with Crippen molar-refractivity contribution in [3.63, 3.8) is 0 Å². The van der Waals surface area contributed by atoms with E-state index in [1.807, 2.05) is 12.1 Å². The fraction of sp³-hybridized carbons (Fsp3) is 0.214. The molecule has 0 spiro atoms. The summed E-state index contributed by atoms with van der Waals surface area (Å²) in [7, 11) is 4.50. The Labute approximate surface area is 236 Å². The van der Waals surface area contributed by atoms with E-state index in [0.717, 1.165) is 5.56 Å². The average molecular weight is 569 g/mol. The van der Waals surface area contributed by atoms with Crippen molar-refractivity contribution < 1.29 is 33.3 Å². The summed E-state index contributed by atoms with van der Waals surface area (Å²) in [6, 6.07) is 17.4. The molecule has 0 aliphatic heterocycles. The topological polar surface area (TPSA) is 137 Å². The lowest BCUT2D eigenvalue weighted by Gasteiger charge is -2.13. The lowest BCUT2D eigenvalue weighted by molar-refractivity contribution is -0.139. The summed E-state index contributed by atoms with van der Waals surface area (Å²) >= 11 is 6.33. The molecule has 3 amide bonds. The highest BCUT2D eigenvalue weighted by Gasteiger charge is 2.15. The maximum atomic E-state index is 12.2. The summed E-state index contributed by atoms with van der Waals surface area (Å²) in [6.07, 6.45) is 1.76. The molecule has 0 fully saturated rings. The number of anilines is 1. The van der Waals surface area contributed by atoms with Crippen LogP contribution in [0.15, 0.2) is 65.8 Å². The minimum Gasteiger partial charge on any atom is -0.493 e. The number of carbonyl (C=O) groups excluding carboxylic acids is 3. The zero-order chi connectivity index (χ0) is 28.9. The molecule has 11 nitrogen and oxygen atoms in total. The van der Waals surface area contributed by atoms with Gasteiger partial charge in [0.1, 0.15) is 0 Å². The monoisotopic (exact) mass is 568 g/mol.